The molecule has 1 aliphatic rings. The van der Waals surface area contributed by atoms with E-state index in [1.54, 1.807) is 6.07 Å². The minimum absolute atomic E-state index is 0.0481. The molecule has 2 heterocycles. The van der Waals surface area contributed by atoms with Gasteiger partial charge in [-0.25, -0.2) is 4.98 Å². The van der Waals surface area contributed by atoms with E-state index in [0.717, 1.165) is 32.5 Å². The van der Waals surface area contributed by atoms with Crippen molar-refractivity contribution in [3.8, 4) is 0 Å². The molecule has 0 radical (unpaired) electrons. The second-order valence-electron chi connectivity index (χ2n) is 6.11. The second-order valence-corrected chi connectivity index (χ2v) is 6.93. The smallest absolute Gasteiger partial charge is 0.272 e. The van der Waals surface area contributed by atoms with Gasteiger partial charge in [-0.2, -0.15) is 0 Å². The quantitative estimate of drug-likeness (QED) is 0.780. The van der Waals surface area contributed by atoms with Gasteiger partial charge in [0, 0.05) is 25.7 Å². The van der Waals surface area contributed by atoms with E-state index < -0.39 is 0 Å². The third-order valence-electron chi connectivity index (χ3n) is 4.26. The average Bonchev–Trinajstić information content (AvgIpc) is 2.47. The maximum atomic E-state index is 12.4. The first kappa shape index (κ1) is 16.4. The van der Waals surface area contributed by atoms with Crippen molar-refractivity contribution in [2.45, 2.75) is 32.7 Å². The Kier molecular flexibility index (Phi) is 5.76. The Bertz CT molecular complexity index is 484. The number of carbonyl (C=O) groups is 1. The highest BCUT2D eigenvalue weighted by atomic mass is 79.9. The summed E-state index contributed by atoms with van der Waals surface area (Å²) < 4.78 is 0.710. The van der Waals surface area contributed by atoms with Crippen LogP contribution >= 0.6 is 15.9 Å². The number of carbonyl (C=O) groups excluding carboxylic acids is 1. The Balaban J connectivity index is 1.87. The van der Waals surface area contributed by atoms with Gasteiger partial charge in [0.15, 0.2) is 0 Å². The predicted octanol–water partition coefficient (Wildman–Crippen LogP) is 3.04. The van der Waals surface area contributed by atoms with E-state index in [9.17, 15) is 4.79 Å². The minimum Gasteiger partial charge on any atom is -0.337 e. The van der Waals surface area contributed by atoms with E-state index >= 15 is 0 Å². The molecule has 0 atom stereocenters. The van der Waals surface area contributed by atoms with E-state index in [0.29, 0.717) is 22.3 Å². The van der Waals surface area contributed by atoms with E-state index in [1.165, 1.54) is 0 Å². The number of hydrogen-bond acceptors (Lipinski definition) is 3. The van der Waals surface area contributed by atoms with Crippen LogP contribution < -0.4 is 0 Å². The fourth-order valence-electron chi connectivity index (χ4n) is 2.63. The van der Waals surface area contributed by atoms with Crippen LogP contribution in [-0.4, -0.2) is 53.4 Å². The molecule has 2 rings (SSSR count). The number of piperidine rings is 1. The number of pyridine rings is 1. The first-order valence-corrected chi connectivity index (χ1v) is 8.38. The summed E-state index contributed by atoms with van der Waals surface area (Å²) in [5.74, 6) is 0.740. The topological polar surface area (TPSA) is 36.4 Å². The van der Waals surface area contributed by atoms with Gasteiger partial charge >= 0.3 is 0 Å². The maximum absolute atomic E-state index is 12.4. The van der Waals surface area contributed by atoms with Crippen molar-refractivity contribution in [1.29, 1.82) is 0 Å². The van der Waals surface area contributed by atoms with Gasteiger partial charge in [0.25, 0.3) is 5.91 Å². The normalized spacial score (nSPS) is 16.8. The standard InChI is InChI=1S/C16H24BrN3O/c1-12(2)19(3)11-13-7-9-20(10-8-13)16(21)14-5-4-6-15(17)18-14/h4-6,12-13H,7-11H2,1-3H3. The second kappa shape index (κ2) is 7.36. The molecule has 0 N–H and O–H groups in total. The molecule has 1 fully saturated rings. The van der Waals surface area contributed by atoms with Gasteiger partial charge in [-0.1, -0.05) is 6.07 Å². The summed E-state index contributed by atoms with van der Waals surface area (Å²) >= 11 is 3.32. The van der Waals surface area contributed by atoms with E-state index in [1.807, 2.05) is 17.0 Å². The molecule has 1 aromatic heterocycles. The van der Waals surface area contributed by atoms with Crippen molar-refractivity contribution in [3.63, 3.8) is 0 Å². The summed E-state index contributed by atoms with van der Waals surface area (Å²) in [5.41, 5.74) is 0.530. The van der Waals surface area contributed by atoms with Crippen LogP contribution in [0.1, 0.15) is 37.2 Å². The van der Waals surface area contributed by atoms with Crippen molar-refractivity contribution < 1.29 is 4.79 Å². The lowest BCUT2D eigenvalue weighted by Gasteiger charge is -2.34. The zero-order valence-corrected chi connectivity index (χ0v) is 14.6. The van der Waals surface area contributed by atoms with Crippen molar-refractivity contribution in [2.75, 3.05) is 26.7 Å². The zero-order chi connectivity index (χ0) is 15.4. The molecule has 1 aromatic rings. The molecule has 0 bridgehead atoms. The average molecular weight is 354 g/mol. The van der Waals surface area contributed by atoms with Crippen molar-refractivity contribution in [1.82, 2.24) is 14.8 Å². The lowest BCUT2D eigenvalue weighted by molar-refractivity contribution is 0.0660. The van der Waals surface area contributed by atoms with Crippen LogP contribution in [-0.2, 0) is 0 Å². The number of halogens is 1. The zero-order valence-electron chi connectivity index (χ0n) is 13.1. The highest BCUT2D eigenvalue weighted by Crippen LogP contribution is 2.20. The van der Waals surface area contributed by atoms with Crippen LogP contribution in [0.4, 0.5) is 0 Å². The molecule has 4 nitrogen and oxygen atoms in total. The third kappa shape index (κ3) is 4.51. The number of nitrogens with zero attached hydrogens (tertiary/aromatic N) is 3. The molecule has 0 unspecified atom stereocenters. The first-order valence-electron chi connectivity index (χ1n) is 7.59. The van der Waals surface area contributed by atoms with Crippen LogP contribution in [0.15, 0.2) is 22.8 Å². The van der Waals surface area contributed by atoms with Gasteiger partial charge in [-0.3, -0.25) is 4.79 Å². The van der Waals surface area contributed by atoms with Gasteiger partial charge in [0.1, 0.15) is 10.3 Å². The van der Waals surface area contributed by atoms with Crippen LogP contribution in [0.25, 0.3) is 0 Å². The Morgan fingerprint density at radius 2 is 2.10 bits per heavy atom. The highest BCUT2D eigenvalue weighted by molar-refractivity contribution is 9.10. The molecule has 0 aromatic carbocycles. The van der Waals surface area contributed by atoms with E-state index in [2.05, 4.69) is 46.7 Å². The molecular formula is C16H24BrN3O. The molecule has 1 aliphatic heterocycles. The largest absolute Gasteiger partial charge is 0.337 e. The van der Waals surface area contributed by atoms with Gasteiger partial charge in [-0.15, -0.1) is 0 Å². The predicted molar refractivity (Wildman–Crippen MR) is 88.3 cm³/mol. The first-order chi connectivity index (χ1) is 9.97. The van der Waals surface area contributed by atoms with Crippen molar-refractivity contribution >= 4 is 21.8 Å². The summed E-state index contributed by atoms with van der Waals surface area (Å²) in [6, 6.07) is 6.06. The number of aromatic nitrogens is 1. The van der Waals surface area contributed by atoms with Crippen LogP contribution in [0.2, 0.25) is 0 Å². The summed E-state index contributed by atoms with van der Waals surface area (Å²) in [6.07, 6.45) is 2.16. The molecule has 1 saturated heterocycles. The van der Waals surface area contributed by atoms with Crippen molar-refractivity contribution in [3.05, 3.63) is 28.5 Å². The third-order valence-corrected chi connectivity index (χ3v) is 4.71. The monoisotopic (exact) mass is 353 g/mol. The Hall–Kier alpha value is -0.940. The van der Waals surface area contributed by atoms with Gasteiger partial charge < -0.3 is 9.80 Å². The molecule has 0 spiro atoms. The lowest BCUT2D eigenvalue weighted by Crippen LogP contribution is -2.42. The lowest BCUT2D eigenvalue weighted by atomic mass is 9.95. The van der Waals surface area contributed by atoms with Crippen molar-refractivity contribution in [2.24, 2.45) is 5.92 Å². The fourth-order valence-corrected chi connectivity index (χ4v) is 2.97. The molecule has 1 amide bonds. The SMILES string of the molecule is CC(C)N(C)CC1CCN(C(=O)c2cccc(Br)n2)CC1. The number of amides is 1. The molecule has 5 heteroatoms. The maximum Gasteiger partial charge on any atom is 0.272 e. The summed E-state index contributed by atoms with van der Waals surface area (Å²) in [5, 5.41) is 0. The van der Waals surface area contributed by atoms with Crippen LogP contribution in [0.3, 0.4) is 0 Å². The van der Waals surface area contributed by atoms with Crippen LogP contribution in [0.5, 0.6) is 0 Å². The Morgan fingerprint density at radius 1 is 1.43 bits per heavy atom. The summed E-state index contributed by atoms with van der Waals surface area (Å²) in [4.78, 5) is 21.0. The number of likely N-dealkylation sites (tertiary alicyclic amines) is 1. The van der Waals surface area contributed by atoms with Gasteiger partial charge in [0.2, 0.25) is 0 Å². The van der Waals surface area contributed by atoms with E-state index in [-0.39, 0.29) is 5.91 Å². The number of hydrogen-bond donors (Lipinski definition) is 0. The highest BCUT2D eigenvalue weighted by Gasteiger charge is 2.25. The fraction of sp³-hybridized carbons (Fsp3) is 0.625. The van der Waals surface area contributed by atoms with Gasteiger partial charge in [-0.05, 0) is 67.7 Å². The van der Waals surface area contributed by atoms with Gasteiger partial charge in [0.05, 0.1) is 0 Å². The van der Waals surface area contributed by atoms with E-state index in [4.69, 9.17) is 0 Å². The summed E-state index contributed by atoms with van der Waals surface area (Å²) in [6.45, 7) is 7.23. The Morgan fingerprint density at radius 3 is 2.67 bits per heavy atom. The molecule has 116 valence electrons. The molecule has 0 aliphatic carbocycles. The molecular weight excluding hydrogens is 330 g/mol. The Labute approximate surface area is 135 Å². The minimum atomic E-state index is 0.0481. The molecule has 0 saturated carbocycles. The summed E-state index contributed by atoms with van der Waals surface area (Å²) in [7, 11) is 2.17. The van der Waals surface area contributed by atoms with Crippen LogP contribution in [0, 0.1) is 5.92 Å². The number of rotatable bonds is 4. The molecule has 21 heavy (non-hydrogen) atoms.